The first-order valence-corrected chi connectivity index (χ1v) is 9.04. The summed E-state index contributed by atoms with van der Waals surface area (Å²) in [4.78, 5) is 2.79. The Bertz CT molecular complexity index is 322. The van der Waals surface area contributed by atoms with E-state index in [4.69, 9.17) is 5.73 Å². The van der Waals surface area contributed by atoms with Crippen molar-refractivity contribution in [1.82, 2.24) is 4.90 Å². The summed E-state index contributed by atoms with van der Waals surface area (Å²) in [5, 5.41) is 0. The minimum atomic E-state index is 0.349. The molecule has 1 aliphatic heterocycles. The minimum Gasteiger partial charge on any atom is -0.329 e. The maximum Gasteiger partial charge on any atom is 0.0332 e. The molecule has 1 heterocycles. The van der Waals surface area contributed by atoms with Crippen LogP contribution in [0, 0.1) is 17.3 Å². The van der Waals surface area contributed by atoms with Gasteiger partial charge in [-0.05, 0) is 68.7 Å². The molecule has 2 N–H and O–H groups in total. The van der Waals surface area contributed by atoms with Crippen molar-refractivity contribution in [2.75, 3.05) is 19.6 Å². The summed E-state index contributed by atoms with van der Waals surface area (Å²) in [6.07, 6.45) is 13.0. The van der Waals surface area contributed by atoms with E-state index in [0.29, 0.717) is 5.54 Å². The van der Waals surface area contributed by atoms with Gasteiger partial charge in [0, 0.05) is 18.6 Å². The highest BCUT2D eigenvalue weighted by Crippen LogP contribution is 2.52. The number of hydrogen-bond donors (Lipinski definition) is 1. The molecule has 1 spiro atoms. The third-order valence-corrected chi connectivity index (χ3v) is 7.29. The van der Waals surface area contributed by atoms with Gasteiger partial charge in [-0.3, -0.25) is 4.90 Å². The number of rotatable bonds is 2. The van der Waals surface area contributed by atoms with Crippen LogP contribution in [0.3, 0.4) is 0 Å². The van der Waals surface area contributed by atoms with Crippen molar-refractivity contribution in [3.63, 3.8) is 0 Å². The summed E-state index contributed by atoms with van der Waals surface area (Å²) in [5.41, 5.74) is 7.37. The lowest BCUT2D eigenvalue weighted by atomic mass is 9.65. The first kappa shape index (κ1) is 14.8. The van der Waals surface area contributed by atoms with Gasteiger partial charge in [-0.15, -0.1) is 0 Å². The predicted molar refractivity (Wildman–Crippen MR) is 85.7 cm³/mol. The third-order valence-electron chi connectivity index (χ3n) is 7.29. The standard InChI is InChI=1S/C18H34N2/c1-15-5-12-20(13-16(15)2)18(14-19)10-8-17(9-11-18)6-3-4-7-17/h15-16H,3-14,19H2,1-2H3. The zero-order chi connectivity index (χ0) is 14.2. The molecule has 0 bridgehead atoms. The van der Waals surface area contributed by atoms with Crippen LogP contribution in [0.2, 0.25) is 0 Å². The van der Waals surface area contributed by atoms with Crippen molar-refractivity contribution in [2.45, 2.75) is 77.2 Å². The van der Waals surface area contributed by atoms with E-state index in [1.54, 1.807) is 0 Å². The van der Waals surface area contributed by atoms with Gasteiger partial charge in [-0.1, -0.05) is 26.7 Å². The van der Waals surface area contributed by atoms with Crippen LogP contribution in [-0.4, -0.2) is 30.1 Å². The summed E-state index contributed by atoms with van der Waals surface area (Å²) in [7, 11) is 0. The van der Waals surface area contributed by atoms with Gasteiger partial charge in [0.05, 0.1) is 0 Å². The van der Waals surface area contributed by atoms with Crippen LogP contribution in [0.25, 0.3) is 0 Å². The van der Waals surface area contributed by atoms with Gasteiger partial charge in [0.1, 0.15) is 0 Å². The Morgan fingerprint density at radius 1 is 0.950 bits per heavy atom. The van der Waals surface area contributed by atoms with Crippen LogP contribution in [-0.2, 0) is 0 Å². The molecule has 2 saturated carbocycles. The Labute approximate surface area is 125 Å². The summed E-state index contributed by atoms with van der Waals surface area (Å²) in [6.45, 7) is 8.30. The molecule has 3 aliphatic rings. The average molecular weight is 278 g/mol. The molecule has 1 saturated heterocycles. The topological polar surface area (TPSA) is 29.3 Å². The molecular formula is C18H34N2. The second kappa shape index (κ2) is 5.61. The lowest BCUT2D eigenvalue weighted by molar-refractivity contribution is -0.0200. The lowest BCUT2D eigenvalue weighted by Gasteiger charge is -2.53. The maximum atomic E-state index is 6.29. The van der Waals surface area contributed by atoms with Gasteiger partial charge >= 0.3 is 0 Å². The fourth-order valence-corrected chi connectivity index (χ4v) is 5.21. The zero-order valence-corrected chi connectivity index (χ0v) is 13.7. The molecule has 2 heteroatoms. The highest BCUT2D eigenvalue weighted by atomic mass is 15.2. The van der Waals surface area contributed by atoms with E-state index >= 15 is 0 Å². The monoisotopic (exact) mass is 278 g/mol. The second-order valence-corrected chi connectivity index (χ2v) is 8.32. The van der Waals surface area contributed by atoms with Gasteiger partial charge in [-0.25, -0.2) is 0 Å². The molecule has 0 amide bonds. The first-order chi connectivity index (χ1) is 9.59. The van der Waals surface area contributed by atoms with Gasteiger partial charge in [0.2, 0.25) is 0 Å². The fraction of sp³-hybridized carbons (Fsp3) is 1.00. The van der Waals surface area contributed by atoms with Crippen LogP contribution >= 0.6 is 0 Å². The van der Waals surface area contributed by atoms with Crippen LogP contribution in [0.5, 0.6) is 0 Å². The molecule has 0 radical (unpaired) electrons. The van der Waals surface area contributed by atoms with Crippen molar-refractivity contribution in [2.24, 2.45) is 23.0 Å². The van der Waals surface area contributed by atoms with E-state index in [-0.39, 0.29) is 0 Å². The lowest BCUT2D eigenvalue weighted by Crippen LogP contribution is -2.59. The Hall–Kier alpha value is -0.0800. The number of nitrogens with zero attached hydrogens (tertiary/aromatic N) is 1. The second-order valence-electron chi connectivity index (χ2n) is 8.32. The first-order valence-electron chi connectivity index (χ1n) is 9.04. The third kappa shape index (κ3) is 2.54. The summed E-state index contributed by atoms with van der Waals surface area (Å²) in [5.74, 6) is 1.74. The molecule has 2 atom stereocenters. The Balaban J connectivity index is 1.67. The van der Waals surface area contributed by atoms with E-state index < -0.39 is 0 Å². The molecular weight excluding hydrogens is 244 g/mol. The van der Waals surface area contributed by atoms with Crippen molar-refractivity contribution in [3.05, 3.63) is 0 Å². The fourth-order valence-electron chi connectivity index (χ4n) is 5.21. The molecule has 20 heavy (non-hydrogen) atoms. The number of piperidine rings is 1. The maximum absolute atomic E-state index is 6.29. The van der Waals surface area contributed by atoms with Gasteiger partial charge in [0.15, 0.2) is 0 Å². The van der Waals surface area contributed by atoms with Gasteiger partial charge < -0.3 is 5.73 Å². The Morgan fingerprint density at radius 2 is 1.60 bits per heavy atom. The van der Waals surface area contributed by atoms with E-state index in [0.717, 1.165) is 23.8 Å². The van der Waals surface area contributed by atoms with Gasteiger partial charge in [0.25, 0.3) is 0 Å². The van der Waals surface area contributed by atoms with Crippen LogP contribution in [0.1, 0.15) is 71.6 Å². The van der Waals surface area contributed by atoms with Crippen LogP contribution < -0.4 is 5.73 Å². The molecule has 3 fully saturated rings. The molecule has 116 valence electrons. The highest BCUT2D eigenvalue weighted by molar-refractivity contribution is 5.02. The van der Waals surface area contributed by atoms with Crippen molar-refractivity contribution >= 4 is 0 Å². The van der Waals surface area contributed by atoms with Crippen LogP contribution in [0.4, 0.5) is 0 Å². The quantitative estimate of drug-likeness (QED) is 0.832. The predicted octanol–water partition coefficient (Wildman–Crippen LogP) is 3.80. The van der Waals surface area contributed by atoms with Crippen molar-refractivity contribution in [1.29, 1.82) is 0 Å². The molecule has 3 rings (SSSR count). The number of nitrogens with two attached hydrogens (primary N) is 1. The molecule has 0 aromatic carbocycles. The highest BCUT2D eigenvalue weighted by Gasteiger charge is 2.46. The van der Waals surface area contributed by atoms with E-state index in [9.17, 15) is 0 Å². The number of likely N-dealkylation sites (tertiary alicyclic amines) is 1. The molecule has 2 aliphatic carbocycles. The Morgan fingerprint density at radius 3 is 2.15 bits per heavy atom. The average Bonchev–Trinajstić information content (AvgIpc) is 2.92. The Kier molecular flexibility index (Phi) is 4.16. The normalized spacial score (nSPS) is 37.4. The largest absolute Gasteiger partial charge is 0.329 e. The van der Waals surface area contributed by atoms with Gasteiger partial charge in [-0.2, -0.15) is 0 Å². The molecule has 2 unspecified atom stereocenters. The van der Waals surface area contributed by atoms with Crippen molar-refractivity contribution < 1.29 is 0 Å². The van der Waals surface area contributed by atoms with Crippen LogP contribution in [0.15, 0.2) is 0 Å². The SMILES string of the molecule is CC1CCN(C2(CN)CCC3(CCCC3)CC2)CC1C. The molecule has 0 aromatic heterocycles. The minimum absolute atomic E-state index is 0.349. The molecule has 0 aromatic rings. The number of hydrogen-bond acceptors (Lipinski definition) is 2. The van der Waals surface area contributed by atoms with Crippen molar-refractivity contribution in [3.8, 4) is 0 Å². The van der Waals surface area contributed by atoms with E-state index in [2.05, 4.69) is 18.7 Å². The smallest absolute Gasteiger partial charge is 0.0332 e. The summed E-state index contributed by atoms with van der Waals surface area (Å²) in [6, 6.07) is 0. The summed E-state index contributed by atoms with van der Waals surface area (Å²) >= 11 is 0. The van der Waals surface area contributed by atoms with E-state index in [1.165, 1.54) is 70.9 Å². The summed E-state index contributed by atoms with van der Waals surface area (Å²) < 4.78 is 0. The van der Waals surface area contributed by atoms with E-state index in [1.807, 2.05) is 0 Å². The zero-order valence-electron chi connectivity index (χ0n) is 13.7. The molecule has 2 nitrogen and oxygen atoms in total.